The maximum absolute atomic E-state index is 12.5. The molecular weight excluding hydrogens is 205 g/mol. The lowest BCUT2D eigenvalue weighted by Crippen LogP contribution is -2.16. The Bertz CT molecular complexity index is 445. The van der Waals surface area contributed by atoms with Crippen LogP contribution < -0.4 is 0 Å². The largest absolute Gasteiger partial charge is 0.490 e. The maximum atomic E-state index is 12.5. The molecule has 5 heteroatoms. The van der Waals surface area contributed by atoms with Gasteiger partial charge < -0.3 is 0 Å². The Morgan fingerprint density at radius 3 is 2.33 bits per heavy atom. The number of imidazole rings is 1. The SMILES string of the molecule is FC(F)(F)n1cncc1-c1ccccc1. The number of nitrogens with zero attached hydrogens (tertiary/aromatic N) is 2. The third-order valence-corrected chi connectivity index (χ3v) is 1.98. The zero-order valence-electron chi connectivity index (χ0n) is 7.57. The van der Waals surface area contributed by atoms with Crippen LogP contribution in [0, 0.1) is 0 Å². The summed E-state index contributed by atoms with van der Waals surface area (Å²) in [6.07, 6.45) is -2.47. The van der Waals surface area contributed by atoms with Crippen LogP contribution in [0.15, 0.2) is 42.9 Å². The summed E-state index contributed by atoms with van der Waals surface area (Å²) in [7, 11) is 0. The number of aromatic nitrogens is 2. The van der Waals surface area contributed by atoms with Crippen LogP contribution in [-0.2, 0) is 6.30 Å². The Hall–Kier alpha value is -1.78. The van der Waals surface area contributed by atoms with Crippen LogP contribution in [0.25, 0.3) is 11.3 Å². The molecule has 2 nitrogen and oxygen atoms in total. The molecule has 0 aliphatic rings. The topological polar surface area (TPSA) is 17.8 Å². The molecule has 0 atom stereocenters. The van der Waals surface area contributed by atoms with Gasteiger partial charge in [-0.25, -0.2) is 9.55 Å². The quantitative estimate of drug-likeness (QED) is 0.710. The highest BCUT2D eigenvalue weighted by atomic mass is 19.4. The molecule has 1 aromatic carbocycles. The van der Waals surface area contributed by atoms with Gasteiger partial charge in [0.15, 0.2) is 0 Å². The summed E-state index contributed by atoms with van der Waals surface area (Å²) in [5.41, 5.74) is 0.537. The van der Waals surface area contributed by atoms with E-state index in [4.69, 9.17) is 0 Å². The summed E-state index contributed by atoms with van der Waals surface area (Å²) in [5.74, 6) is 0. The highest BCUT2D eigenvalue weighted by Gasteiger charge is 2.32. The van der Waals surface area contributed by atoms with Crippen molar-refractivity contribution in [1.29, 1.82) is 0 Å². The van der Waals surface area contributed by atoms with E-state index in [1.165, 1.54) is 6.20 Å². The predicted octanol–water partition coefficient (Wildman–Crippen LogP) is 3.03. The van der Waals surface area contributed by atoms with Gasteiger partial charge in [-0.2, -0.15) is 0 Å². The number of rotatable bonds is 1. The second-order valence-electron chi connectivity index (χ2n) is 2.98. The van der Waals surface area contributed by atoms with E-state index >= 15 is 0 Å². The molecule has 0 fully saturated rings. The van der Waals surface area contributed by atoms with Gasteiger partial charge in [0, 0.05) is 5.56 Å². The number of alkyl halides is 3. The molecule has 0 bridgehead atoms. The molecular formula is C10H7F3N2. The fourth-order valence-electron chi connectivity index (χ4n) is 1.32. The van der Waals surface area contributed by atoms with Crippen molar-refractivity contribution in [1.82, 2.24) is 9.55 Å². The fraction of sp³-hybridized carbons (Fsp3) is 0.100. The van der Waals surface area contributed by atoms with Crippen LogP contribution in [0.5, 0.6) is 0 Å². The van der Waals surface area contributed by atoms with Gasteiger partial charge in [-0.15, -0.1) is 13.2 Å². The summed E-state index contributed by atoms with van der Waals surface area (Å²) in [6.45, 7) is 0. The van der Waals surface area contributed by atoms with Crippen molar-refractivity contribution >= 4 is 0 Å². The highest BCUT2D eigenvalue weighted by molar-refractivity contribution is 5.58. The van der Waals surface area contributed by atoms with E-state index in [1.54, 1.807) is 30.3 Å². The van der Waals surface area contributed by atoms with Crippen molar-refractivity contribution in [3.05, 3.63) is 42.9 Å². The number of halogens is 3. The fourth-order valence-corrected chi connectivity index (χ4v) is 1.32. The summed E-state index contributed by atoms with van der Waals surface area (Å²) in [4.78, 5) is 3.51. The average Bonchev–Trinajstić information content (AvgIpc) is 2.67. The molecule has 0 radical (unpaired) electrons. The van der Waals surface area contributed by atoms with Crippen LogP contribution >= 0.6 is 0 Å². The molecule has 15 heavy (non-hydrogen) atoms. The highest BCUT2D eigenvalue weighted by Crippen LogP contribution is 2.29. The Morgan fingerprint density at radius 2 is 1.73 bits per heavy atom. The molecule has 0 amide bonds. The van der Waals surface area contributed by atoms with Gasteiger partial charge >= 0.3 is 6.30 Å². The molecule has 78 valence electrons. The van der Waals surface area contributed by atoms with E-state index in [9.17, 15) is 13.2 Å². The van der Waals surface area contributed by atoms with Crippen molar-refractivity contribution in [3.8, 4) is 11.3 Å². The normalized spacial score (nSPS) is 11.7. The molecule has 1 heterocycles. The molecule has 2 rings (SSSR count). The van der Waals surface area contributed by atoms with Gasteiger partial charge in [0.2, 0.25) is 0 Å². The van der Waals surface area contributed by atoms with Gasteiger partial charge in [0.25, 0.3) is 0 Å². The van der Waals surface area contributed by atoms with E-state index in [1.807, 2.05) is 0 Å². The third kappa shape index (κ3) is 1.86. The number of benzene rings is 1. The Kier molecular flexibility index (Phi) is 2.22. The minimum Gasteiger partial charge on any atom is -0.244 e. The van der Waals surface area contributed by atoms with Gasteiger partial charge in [-0.1, -0.05) is 30.3 Å². The number of hydrogen-bond acceptors (Lipinski definition) is 1. The van der Waals surface area contributed by atoms with Gasteiger partial charge in [0.05, 0.1) is 11.9 Å². The Balaban J connectivity index is 2.51. The van der Waals surface area contributed by atoms with Crippen LogP contribution in [0.2, 0.25) is 0 Å². The maximum Gasteiger partial charge on any atom is 0.490 e. The molecule has 0 aliphatic heterocycles. The van der Waals surface area contributed by atoms with Crippen molar-refractivity contribution in [3.63, 3.8) is 0 Å². The summed E-state index contributed by atoms with van der Waals surface area (Å²) in [6, 6.07) is 8.34. The Labute approximate surface area is 84.0 Å². The van der Waals surface area contributed by atoms with E-state index < -0.39 is 6.30 Å². The van der Waals surface area contributed by atoms with Crippen LogP contribution in [-0.4, -0.2) is 9.55 Å². The van der Waals surface area contributed by atoms with Gasteiger partial charge in [-0.05, 0) is 0 Å². The zero-order chi connectivity index (χ0) is 10.9. The van der Waals surface area contributed by atoms with Gasteiger partial charge in [0.1, 0.15) is 6.33 Å². The standard InChI is InChI=1S/C10H7F3N2/c11-10(12,13)15-7-14-6-9(15)8-4-2-1-3-5-8/h1-7H. The Morgan fingerprint density at radius 1 is 1.07 bits per heavy atom. The monoisotopic (exact) mass is 212 g/mol. The van der Waals surface area contributed by atoms with Crippen LogP contribution in [0.3, 0.4) is 0 Å². The van der Waals surface area contributed by atoms with Crippen LogP contribution in [0.1, 0.15) is 0 Å². The van der Waals surface area contributed by atoms with E-state index in [2.05, 4.69) is 4.98 Å². The van der Waals surface area contributed by atoms with Crippen molar-refractivity contribution in [2.75, 3.05) is 0 Å². The van der Waals surface area contributed by atoms with E-state index in [0.29, 0.717) is 5.56 Å². The molecule has 1 aromatic heterocycles. The van der Waals surface area contributed by atoms with E-state index in [-0.39, 0.29) is 10.3 Å². The summed E-state index contributed by atoms with van der Waals surface area (Å²) < 4.78 is 37.7. The van der Waals surface area contributed by atoms with Crippen molar-refractivity contribution in [2.45, 2.75) is 6.30 Å². The molecule has 0 N–H and O–H groups in total. The first-order chi connectivity index (χ1) is 7.09. The molecule has 0 unspecified atom stereocenters. The predicted molar refractivity (Wildman–Crippen MR) is 49.0 cm³/mol. The first kappa shape index (κ1) is 9.76. The third-order valence-electron chi connectivity index (χ3n) is 1.98. The van der Waals surface area contributed by atoms with Crippen molar-refractivity contribution < 1.29 is 13.2 Å². The average molecular weight is 212 g/mol. The minimum absolute atomic E-state index is 0.0445. The lowest BCUT2D eigenvalue weighted by Gasteiger charge is -2.10. The van der Waals surface area contributed by atoms with Gasteiger partial charge in [-0.3, -0.25) is 0 Å². The molecule has 0 saturated carbocycles. The molecule has 0 spiro atoms. The smallest absolute Gasteiger partial charge is 0.244 e. The lowest BCUT2D eigenvalue weighted by molar-refractivity contribution is -0.202. The molecule has 2 aromatic rings. The van der Waals surface area contributed by atoms with Crippen molar-refractivity contribution in [2.24, 2.45) is 0 Å². The lowest BCUT2D eigenvalue weighted by atomic mass is 10.2. The second kappa shape index (κ2) is 3.42. The molecule has 0 saturated heterocycles. The van der Waals surface area contributed by atoms with Crippen LogP contribution in [0.4, 0.5) is 13.2 Å². The molecule has 0 aliphatic carbocycles. The first-order valence-electron chi connectivity index (χ1n) is 4.24. The second-order valence-corrected chi connectivity index (χ2v) is 2.98. The number of hydrogen-bond donors (Lipinski definition) is 0. The first-order valence-corrected chi connectivity index (χ1v) is 4.24. The zero-order valence-corrected chi connectivity index (χ0v) is 7.57. The summed E-state index contributed by atoms with van der Waals surface area (Å²) in [5, 5.41) is 0. The minimum atomic E-state index is -4.43. The van der Waals surface area contributed by atoms with E-state index in [0.717, 1.165) is 6.33 Å². The summed E-state index contributed by atoms with van der Waals surface area (Å²) >= 11 is 0.